The summed E-state index contributed by atoms with van der Waals surface area (Å²) < 4.78 is 10.2. The number of para-hydroxylation sites is 1. The first-order valence-corrected chi connectivity index (χ1v) is 8.63. The van der Waals surface area contributed by atoms with Gasteiger partial charge in [0.25, 0.3) is 5.91 Å². The molecular formula is C21H20N2O4. The third-order valence-corrected chi connectivity index (χ3v) is 3.91. The zero-order chi connectivity index (χ0) is 19.2. The second-order valence-corrected chi connectivity index (χ2v) is 5.89. The maximum atomic E-state index is 12.7. The molecule has 1 amide bonds. The fraction of sp³-hybridized carbons (Fsp3) is 0.190. The Morgan fingerprint density at radius 3 is 2.70 bits per heavy atom. The van der Waals surface area contributed by atoms with Gasteiger partial charge in [0.2, 0.25) is 0 Å². The smallest absolute Gasteiger partial charge is 0.344 e. The van der Waals surface area contributed by atoms with Crippen molar-refractivity contribution in [1.82, 2.24) is 4.98 Å². The van der Waals surface area contributed by atoms with Gasteiger partial charge in [-0.25, -0.2) is 4.79 Å². The van der Waals surface area contributed by atoms with Gasteiger partial charge in [-0.1, -0.05) is 24.3 Å². The molecule has 0 unspecified atom stereocenters. The van der Waals surface area contributed by atoms with Crippen LogP contribution >= 0.6 is 0 Å². The lowest BCUT2D eigenvalue weighted by molar-refractivity contribution is -0.145. The minimum absolute atomic E-state index is 0.182. The third kappa shape index (κ3) is 4.61. The summed E-state index contributed by atoms with van der Waals surface area (Å²) >= 11 is 0. The van der Waals surface area contributed by atoms with Crippen LogP contribution in [0.15, 0.2) is 54.6 Å². The van der Waals surface area contributed by atoms with Crippen molar-refractivity contribution in [3.05, 3.63) is 65.9 Å². The molecule has 3 aromatic rings. The van der Waals surface area contributed by atoms with Gasteiger partial charge in [-0.3, -0.25) is 9.78 Å². The van der Waals surface area contributed by atoms with Gasteiger partial charge in [0.05, 0.1) is 23.4 Å². The van der Waals surface area contributed by atoms with Gasteiger partial charge in [-0.05, 0) is 38.1 Å². The molecule has 0 atom stereocenters. The molecule has 0 saturated carbocycles. The van der Waals surface area contributed by atoms with Crippen molar-refractivity contribution >= 4 is 28.5 Å². The summed E-state index contributed by atoms with van der Waals surface area (Å²) in [5.74, 6) is -0.229. The molecule has 3 rings (SSSR count). The molecule has 0 aliphatic heterocycles. The van der Waals surface area contributed by atoms with Crippen molar-refractivity contribution < 1.29 is 19.1 Å². The van der Waals surface area contributed by atoms with E-state index in [1.807, 2.05) is 30.3 Å². The molecule has 0 spiro atoms. The Morgan fingerprint density at radius 2 is 1.89 bits per heavy atom. The number of amides is 1. The predicted octanol–water partition coefficient (Wildman–Crippen LogP) is 3.74. The van der Waals surface area contributed by atoms with E-state index < -0.39 is 5.97 Å². The normalized spacial score (nSPS) is 10.4. The second kappa shape index (κ2) is 8.31. The zero-order valence-electron chi connectivity index (χ0n) is 15.2. The molecule has 1 N–H and O–H groups in total. The summed E-state index contributed by atoms with van der Waals surface area (Å²) in [4.78, 5) is 28.5. The van der Waals surface area contributed by atoms with Crippen molar-refractivity contribution in [2.24, 2.45) is 0 Å². The number of aryl methyl sites for hydroxylation is 1. The number of rotatable bonds is 6. The number of pyridine rings is 1. The molecule has 0 saturated heterocycles. The third-order valence-electron chi connectivity index (χ3n) is 3.91. The average molecular weight is 364 g/mol. The fourth-order valence-electron chi connectivity index (χ4n) is 2.65. The lowest BCUT2D eigenvalue weighted by Gasteiger charge is -2.10. The highest BCUT2D eigenvalue weighted by molar-refractivity contribution is 6.06. The highest BCUT2D eigenvalue weighted by Gasteiger charge is 2.12. The molecule has 0 bridgehead atoms. The number of benzene rings is 2. The number of hydrogen-bond donors (Lipinski definition) is 1. The summed E-state index contributed by atoms with van der Waals surface area (Å²) in [6.07, 6.45) is 0. The largest absolute Gasteiger partial charge is 0.482 e. The van der Waals surface area contributed by atoms with E-state index in [9.17, 15) is 9.59 Å². The van der Waals surface area contributed by atoms with Gasteiger partial charge >= 0.3 is 5.97 Å². The van der Waals surface area contributed by atoms with Gasteiger partial charge in [-0.15, -0.1) is 0 Å². The van der Waals surface area contributed by atoms with E-state index in [1.54, 1.807) is 38.1 Å². The van der Waals surface area contributed by atoms with Crippen molar-refractivity contribution in [2.75, 3.05) is 18.5 Å². The SMILES string of the molecule is CCOC(=O)COc1cccc(NC(=O)c2cc3ccccc3nc2C)c1. The first-order valence-electron chi connectivity index (χ1n) is 8.63. The molecule has 138 valence electrons. The molecule has 27 heavy (non-hydrogen) atoms. The van der Waals surface area contributed by atoms with E-state index in [1.165, 1.54) is 0 Å². The second-order valence-electron chi connectivity index (χ2n) is 5.89. The molecule has 6 nitrogen and oxygen atoms in total. The number of hydrogen-bond acceptors (Lipinski definition) is 5. The number of carbonyl (C=O) groups excluding carboxylic acids is 2. The Labute approximate surface area is 157 Å². The van der Waals surface area contributed by atoms with Crippen molar-refractivity contribution in [1.29, 1.82) is 0 Å². The summed E-state index contributed by atoms with van der Waals surface area (Å²) in [6, 6.07) is 16.3. The van der Waals surface area contributed by atoms with E-state index in [2.05, 4.69) is 10.3 Å². The maximum absolute atomic E-state index is 12.7. The number of ether oxygens (including phenoxy) is 2. The zero-order valence-corrected chi connectivity index (χ0v) is 15.2. The first-order chi connectivity index (χ1) is 13.1. The Balaban J connectivity index is 1.73. The van der Waals surface area contributed by atoms with Crippen LogP contribution in [0.5, 0.6) is 5.75 Å². The predicted molar refractivity (Wildman–Crippen MR) is 103 cm³/mol. The maximum Gasteiger partial charge on any atom is 0.344 e. The van der Waals surface area contributed by atoms with Gasteiger partial charge in [0, 0.05) is 17.1 Å². The summed E-state index contributed by atoms with van der Waals surface area (Å²) in [7, 11) is 0. The Hall–Kier alpha value is -3.41. The number of carbonyl (C=O) groups is 2. The quantitative estimate of drug-likeness (QED) is 0.674. The monoisotopic (exact) mass is 364 g/mol. The van der Waals surface area contributed by atoms with Crippen LogP contribution in [0, 0.1) is 6.92 Å². The van der Waals surface area contributed by atoms with Gasteiger partial charge < -0.3 is 14.8 Å². The van der Waals surface area contributed by atoms with Crippen LogP contribution in [0.2, 0.25) is 0 Å². The number of esters is 1. The van der Waals surface area contributed by atoms with E-state index in [0.29, 0.717) is 29.3 Å². The summed E-state index contributed by atoms with van der Waals surface area (Å²) in [6.45, 7) is 3.66. The molecule has 2 aromatic carbocycles. The topological polar surface area (TPSA) is 77.5 Å². The van der Waals surface area contributed by atoms with Crippen LogP contribution in [-0.2, 0) is 9.53 Å². The first kappa shape index (κ1) is 18.4. The molecule has 1 heterocycles. The van der Waals surface area contributed by atoms with Crippen molar-refractivity contribution in [3.8, 4) is 5.75 Å². The summed E-state index contributed by atoms with van der Waals surface area (Å²) in [5, 5.41) is 3.74. The number of nitrogens with one attached hydrogen (secondary N) is 1. The standard InChI is InChI=1S/C21H20N2O4/c1-3-26-20(24)13-27-17-9-6-8-16(12-17)23-21(25)18-11-15-7-4-5-10-19(15)22-14(18)2/h4-12H,3,13H2,1-2H3,(H,23,25). The fourth-order valence-corrected chi connectivity index (χ4v) is 2.65. The highest BCUT2D eigenvalue weighted by Crippen LogP contribution is 2.20. The lowest BCUT2D eigenvalue weighted by Crippen LogP contribution is -2.15. The highest BCUT2D eigenvalue weighted by atomic mass is 16.6. The molecule has 0 radical (unpaired) electrons. The Bertz CT molecular complexity index is 985. The van der Waals surface area contributed by atoms with E-state index >= 15 is 0 Å². The Kier molecular flexibility index (Phi) is 5.66. The number of aromatic nitrogens is 1. The van der Waals surface area contributed by atoms with Gasteiger partial charge in [0.1, 0.15) is 5.75 Å². The van der Waals surface area contributed by atoms with E-state index in [0.717, 1.165) is 10.9 Å². The minimum Gasteiger partial charge on any atom is -0.482 e. The lowest BCUT2D eigenvalue weighted by atomic mass is 10.1. The van der Waals surface area contributed by atoms with Gasteiger partial charge in [0.15, 0.2) is 6.61 Å². The number of nitrogens with zero attached hydrogens (tertiary/aromatic N) is 1. The van der Waals surface area contributed by atoms with E-state index in [4.69, 9.17) is 9.47 Å². The van der Waals surface area contributed by atoms with Crippen LogP contribution in [-0.4, -0.2) is 30.1 Å². The number of anilines is 1. The summed E-state index contributed by atoms with van der Waals surface area (Å²) in [5.41, 5.74) is 2.57. The molecule has 0 aliphatic carbocycles. The number of fused-ring (bicyclic) bond motifs is 1. The Morgan fingerprint density at radius 1 is 1.07 bits per heavy atom. The van der Waals surface area contributed by atoms with Crippen LogP contribution in [0.3, 0.4) is 0 Å². The van der Waals surface area contributed by atoms with Crippen LogP contribution in [0.4, 0.5) is 5.69 Å². The van der Waals surface area contributed by atoms with Crippen LogP contribution in [0.25, 0.3) is 10.9 Å². The van der Waals surface area contributed by atoms with Gasteiger partial charge in [-0.2, -0.15) is 0 Å². The van der Waals surface area contributed by atoms with Crippen molar-refractivity contribution in [3.63, 3.8) is 0 Å². The molecule has 0 aliphatic rings. The molecule has 0 fully saturated rings. The van der Waals surface area contributed by atoms with Crippen LogP contribution in [0.1, 0.15) is 23.0 Å². The van der Waals surface area contributed by atoms with Crippen molar-refractivity contribution in [2.45, 2.75) is 13.8 Å². The molecular weight excluding hydrogens is 344 g/mol. The van der Waals surface area contributed by atoms with Crippen LogP contribution < -0.4 is 10.1 Å². The molecule has 1 aromatic heterocycles. The average Bonchev–Trinajstić information content (AvgIpc) is 2.66. The minimum atomic E-state index is -0.440. The molecule has 6 heteroatoms. The van der Waals surface area contributed by atoms with E-state index in [-0.39, 0.29) is 12.5 Å².